The second-order valence-corrected chi connectivity index (χ2v) is 4.69. The Labute approximate surface area is 101 Å². The molecule has 0 aromatic heterocycles. The van der Waals surface area contributed by atoms with E-state index in [9.17, 15) is 4.79 Å². The Bertz CT molecular complexity index is 369. The summed E-state index contributed by atoms with van der Waals surface area (Å²) in [4.78, 5) is 14.8. The van der Waals surface area contributed by atoms with E-state index in [1.807, 2.05) is 29.2 Å². The molecule has 2 N–H and O–H groups in total. The molecule has 1 fully saturated rings. The third-order valence-electron chi connectivity index (χ3n) is 2.94. The molecular formula is C12H16N2OS. The lowest BCUT2D eigenvalue weighted by Gasteiger charge is -2.30. The average Bonchev–Trinajstić information content (AvgIpc) is 2.30. The van der Waals surface area contributed by atoms with Crippen LogP contribution in [0.3, 0.4) is 0 Å². The maximum absolute atomic E-state index is 12.1. The minimum absolute atomic E-state index is 0.0974. The standard InChI is InChI=1S/C12H16N2OS/c13-10-5-7-14(8-6-10)12(15)9-1-3-11(16)4-2-9/h1-4,10,16H,5-8,13H2. The number of carbonyl (C=O) groups is 1. The average molecular weight is 236 g/mol. The lowest BCUT2D eigenvalue weighted by Crippen LogP contribution is -2.42. The smallest absolute Gasteiger partial charge is 0.253 e. The number of thiol groups is 1. The number of hydrogen-bond acceptors (Lipinski definition) is 3. The van der Waals surface area contributed by atoms with Crippen molar-refractivity contribution in [1.29, 1.82) is 0 Å². The van der Waals surface area contributed by atoms with Gasteiger partial charge in [0.05, 0.1) is 0 Å². The molecule has 1 aromatic carbocycles. The molecule has 16 heavy (non-hydrogen) atoms. The normalized spacial score (nSPS) is 17.5. The Morgan fingerprint density at radius 3 is 2.38 bits per heavy atom. The number of likely N-dealkylation sites (tertiary alicyclic amines) is 1. The van der Waals surface area contributed by atoms with Crippen molar-refractivity contribution in [1.82, 2.24) is 4.90 Å². The first-order valence-electron chi connectivity index (χ1n) is 5.50. The van der Waals surface area contributed by atoms with E-state index >= 15 is 0 Å². The largest absolute Gasteiger partial charge is 0.339 e. The summed E-state index contributed by atoms with van der Waals surface area (Å²) >= 11 is 4.20. The number of hydrogen-bond donors (Lipinski definition) is 2. The highest BCUT2D eigenvalue weighted by molar-refractivity contribution is 7.80. The summed E-state index contributed by atoms with van der Waals surface area (Å²) in [5.74, 6) is 0.0974. The van der Waals surface area contributed by atoms with Crippen molar-refractivity contribution in [2.45, 2.75) is 23.8 Å². The number of nitrogens with zero attached hydrogens (tertiary/aromatic N) is 1. The van der Waals surface area contributed by atoms with E-state index in [-0.39, 0.29) is 11.9 Å². The van der Waals surface area contributed by atoms with Crippen LogP contribution in [-0.2, 0) is 0 Å². The number of carbonyl (C=O) groups excluding carboxylic acids is 1. The van der Waals surface area contributed by atoms with Crippen molar-refractivity contribution in [2.75, 3.05) is 13.1 Å². The number of nitrogens with two attached hydrogens (primary N) is 1. The molecule has 1 aliphatic heterocycles. The Morgan fingerprint density at radius 2 is 1.81 bits per heavy atom. The van der Waals surface area contributed by atoms with Gasteiger partial charge in [-0.25, -0.2) is 0 Å². The van der Waals surface area contributed by atoms with Gasteiger partial charge < -0.3 is 10.6 Å². The van der Waals surface area contributed by atoms with Crippen LogP contribution >= 0.6 is 12.6 Å². The molecule has 0 bridgehead atoms. The Hall–Kier alpha value is -1.00. The molecule has 0 spiro atoms. The molecule has 0 unspecified atom stereocenters. The first-order valence-corrected chi connectivity index (χ1v) is 5.95. The van der Waals surface area contributed by atoms with Crippen LogP contribution < -0.4 is 5.73 Å². The van der Waals surface area contributed by atoms with Crippen LogP contribution in [0.4, 0.5) is 0 Å². The van der Waals surface area contributed by atoms with E-state index in [4.69, 9.17) is 5.73 Å². The van der Waals surface area contributed by atoms with Crippen LogP contribution in [0.1, 0.15) is 23.2 Å². The molecule has 1 aromatic rings. The molecule has 1 saturated heterocycles. The highest BCUT2D eigenvalue weighted by Gasteiger charge is 2.21. The summed E-state index contributed by atoms with van der Waals surface area (Å²) in [6, 6.07) is 7.57. The van der Waals surface area contributed by atoms with E-state index in [0.29, 0.717) is 0 Å². The molecule has 86 valence electrons. The van der Waals surface area contributed by atoms with Gasteiger partial charge in [-0.05, 0) is 37.1 Å². The molecule has 0 atom stereocenters. The van der Waals surface area contributed by atoms with Crippen LogP contribution in [0.2, 0.25) is 0 Å². The summed E-state index contributed by atoms with van der Waals surface area (Å²) in [7, 11) is 0. The fourth-order valence-corrected chi connectivity index (χ4v) is 2.04. The topological polar surface area (TPSA) is 46.3 Å². The molecule has 0 saturated carbocycles. The van der Waals surface area contributed by atoms with E-state index in [1.54, 1.807) is 0 Å². The highest BCUT2D eigenvalue weighted by Crippen LogP contribution is 2.14. The van der Waals surface area contributed by atoms with Crippen molar-refractivity contribution in [3.05, 3.63) is 29.8 Å². The highest BCUT2D eigenvalue weighted by atomic mass is 32.1. The maximum atomic E-state index is 12.1. The second kappa shape index (κ2) is 4.89. The minimum Gasteiger partial charge on any atom is -0.339 e. The Morgan fingerprint density at radius 1 is 1.25 bits per heavy atom. The predicted molar refractivity (Wildman–Crippen MR) is 66.8 cm³/mol. The second-order valence-electron chi connectivity index (χ2n) is 4.18. The Kier molecular flexibility index (Phi) is 3.51. The summed E-state index contributed by atoms with van der Waals surface area (Å²) in [5, 5.41) is 0. The number of rotatable bonds is 1. The number of benzene rings is 1. The Balaban J connectivity index is 2.05. The summed E-state index contributed by atoms with van der Waals surface area (Å²) in [6.45, 7) is 1.53. The van der Waals surface area contributed by atoms with Crippen LogP contribution in [0.25, 0.3) is 0 Å². The first-order chi connectivity index (χ1) is 7.66. The van der Waals surface area contributed by atoms with Gasteiger partial charge in [0, 0.05) is 29.6 Å². The van der Waals surface area contributed by atoms with E-state index in [0.717, 1.165) is 36.4 Å². The van der Waals surface area contributed by atoms with Gasteiger partial charge in [-0.15, -0.1) is 12.6 Å². The molecule has 0 radical (unpaired) electrons. The molecular weight excluding hydrogens is 220 g/mol. The van der Waals surface area contributed by atoms with Crippen LogP contribution in [-0.4, -0.2) is 29.9 Å². The van der Waals surface area contributed by atoms with Crippen molar-refractivity contribution >= 4 is 18.5 Å². The van der Waals surface area contributed by atoms with Gasteiger partial charge in [-0.3, -0.25) is 4.79 Å². The fourth-order valence-electron chi connectivity index (χ4n) is 1.89. The quantitative estimate of drug-likeness (QED) is 0.727. The molecule has 1 amide bonds. The zero-order valence-electron chi connectivity index (χ0n) is 9.10. The van der Waals surface area contributed by atoms with Crippen LogP contribution in [0.15, 0.2) is 29.2 Å². The first kappa shape index (κ1) is 11.5. The van der Waals surface area contributed by atoms with Gasteiger partial charge in [-0.1, -0.05) is 0 Å². The zero-order chi connectivity index (χ0) is 11.5. The molecule has 0 aliphatic carbocycles. The monoisotopic (exact) mass is 236 g/mol. The van der Waals surface area contributed by atoms with Gasteiger partial charge in [0.2, 0.25) is 0 Å². The predicted octanol–water partition coefficient (Wildman–Crippen LogP) is 1.54. The minimum atomic E-state index is 0.0974. The molecule has 2 rings (SSSR count). The van der Waals surface area contributed by atoms with Gasteiger partial charge in [0.15, 0.2) is 0 Å². The lowest BCUT2D eigenvalue weighted by atomic mass is 10.1. The van der Waals surface area contributed by atoms with Gasteiger partial charge in [0.1, 0.15) is 0 Å². The lowest BCUT2D eigenvalue weighted by molar-refractivity contribution is 0.0714. The number of amides is 1. The third kappa shape index (κ3) is 2.57. The maximum Gasteiger partial charge on any atom is 0.253 e. The van der Waals surface area contributed by atoms with Crippen molar-refractivity contribution in [2.24, 2.45) is 5.73 Å². The molecule has 1 aliphatic rings. The van der Waals surface area contributed by atoms with Crippen molar-refractivity contribution in [3.8, 4) is 0 Å². The van der Waals surface area contributed by atoms with Crippen LogP contribution in [0, 0.1) is 0 Å². The van der Waals surface area contributed by atoms with E-state index in [2.05, 4.69) is 12.6 Å². The zero-order valence-corrected chi connectivity index (χ0v) is 9.99. The third-order valence-corrected chi connectivity index (χ3v) is 3.24. The van der Waals surface area contributed by atoms with E-state index < -0.39 is 0 Å². The van der Waals surface area contributed by atoms with Crippen LogP contribution in [0.5, 0.6) is 0 Å². The van der Waals surface area contributed by atoms with Crippen molar-refractivity contribution < 1.29 is 4.79 Å². The van der Waals surface area contributed by atoms with Crippen molar-refractivity contribution in [3.63, 3.8) is 0 Å². The molecule has 4 heteroatoms. The van der Waals surface area contributed by atoms with Gasteiger partial charge in [-0.2, -0.15) is 0 Å². The van der Waals surface area contributed by atoms with Gasteiger partial charge >= 0.3 is 0 Å². The molecule has 3 nitrogen and oxygen atoms in total. The summed E-state index contributed by atoms with van der Waals surface area (Å²) in [5.41, 5.74) is 6.54. The SMILES string of the molecule is NC1CCN(C(=O)c2ccc(S)cc2)CC1. The number of piperidine rings is 1. The fraction of sp³-hybridized carbons (Fsp3) is 0.417. The summed E-state index contributed by atoms with van der Waals surface area (Å²) < 4.78 is 0. The van der Waals surface area contributed by atoms with E-state index in [1.165, 1.54) is 0 Å². The molecule has 1 heterocycles. The van der Waals surface area contributed by atoms with Gasteiger partial charge in [0.25, 0.3) is 5.91 Å². The summed E-state index contributed by atoms with van der Waals surface area (Å²) in [6.07, 6.45) is 1.80.